The summed E-state index contributed by atoms with van der Waals surface area (Å²) in [6.45, 7) is 5.10. The van der Waals surface area contributed by atoms with E-state index in [0.717, 1.165) is 0 Å². The van der Waals surface area contributed by atoms with Crippen molar-refractivity contribution in [2.45, 2.75) is 26.9 Å². The minimum Gasteiger partial charge on any atom is -0.459 e. The number of hydrogen-bond acceptors (Lipinski definition) is 3. The van der Waals surface area contributed by atoms with E-state index in [-0.39, 0.29) is 11.7 Å². The van der Waals surface area contributed by atoms with Crippen molar-refractivity contribution in [2.75, 3.05) is 0 Å². The number of carbonyl (C=O) groups excluding carboxylic acids is 1. The zero-order chi connectivity index (χ0) is 8.85. The van der Waals surface area contributed by atoms with E-state index in [0.29, 0.717) is 0 Å². The van der Waals surface area contributed by atoms with E-state index in [1.54, 1.807) is 26.8 Å². The van der Waals surface area contributed by atoms with Crippen molar-refractivity contribution in [1.82, 2.24) is 0 Å². The van der Waals surface area contributed by atoms with Gasteiger partial charge >= 0.3 is 5.97 Å². The van der Waals surface area contributed by atoms with Crippen LogP contribution in [0.5, 0.6) is 0 Å². The molecule has 3 heteroatoms. The summed E-state index contributed by atoms with van der Waals surface area (Å²) in [5.74, 6) is -0.551. The Bertz CT molecular complexity index is 211. The molecule has 0 saturated carbocycles. The van der Waals surface area contributed by atoms with Gasteiger partial charge in [0.15, 0.2) is 0 Å². The van der Waals surface area contributed by atoms with Gasteiger partial charge in [0.25, 0.3) is 0 Å². The second-order valence-electron chi connectivity index (χ2n) is 2.27. The van der Waals surface area contributed by atoms with Gasteiger partial charge in [-0.3, -0.25) is 0 Å². The first kappa shape index (κ1) is 9.70. The monoisotopic (exact) mass is 153 g/mol. The Hall–Kier alpha value is -1.30. The summed E-state index contributed by atoms with van der Waals surface area (Å²) in [6.07, 6.45) is 1.26. The van der Waals surface area contributed by atoms with Crippen LogP contribution in [0.4, 0.5) is 0 Å². The third-order valence-corrected chi connectivity index (χ3v) is 0.972. The quantitative estimate of drug-likeness (QED) is 0.342. The fourth-order valence-corrected chi connectivity index (χ4v) is 0.506. The number of hydrogen-bond donors (Lipinski definition) is 0. The van der Waals surface area contributed by atoms with E-state index < -0.39 is 5.97 Å². The van der Waals surface area contributed by atoms with Crippen LogP contribution in [0.1, 0.15) is 20.8 Å². The van der Waals surface area contributed by atoms with Crippen LogP contribution in [0.3, 0.4) is 0 Å². The maximum Gasteiger partial charge on any atom is 0.348 e. The van der Waals surface area contributed by atoms with E-state index in [1.165, 1.54) is 6.08 Å². The molecule has 0 N–H and O–H groups in total. The molecule has 0 rings (SSSR count). The fourth-order valence-electron chi connectivity index (χ4n) is 0.506. The molecule has 3 nitrogen and oxygen atoms in total. The van der Waals surface area contributed by atoms with E-state index in [2.05, 4.69) is 0 Å². The van der Waals surface area contributed by atoms with Gasteiger partial charge in [-0.05, 0) is 20.8 Å². The van der Waals surface area contributed by atoms with Crippen LogP contribution in [0.2, 0.25) is 0 Å². The molecule has 0 fully saturated rings. The standard InChI is InChI=1S/C8H11NO2/c1-4-7(5-9)8(10)11-6(2)3/h4,6H,1-3H3. The number of nitriles is 1. The maximum absolute atomic E-state index is 10.9. The normalized spacial score (nSPS) is 11.0. The minimum atomic E-state index is -0.551. The molecule has 60 valence electrons. The molecule has 0 saturated heterocycles. The molecule has 0 aromatic carbocycles. The summed E-state index contributed by atoms with van der Waals surface area (Å²) in [6, 6.07) is 1.74. The Morgan fingerprint density at radius 3 is 2.45 bits per heavy atom. The van der Waals surface area contributed by atoms with Crippen molar-refractivity contribution in [1.29, 1.82) is 5.26 Å². The molecular formula is C8H11NO2. The molecule has 0 radical (unpaired) electrons. The third-order valence-electron chi connectivity index (χ3n) is 0.972. The second-order valence-corrected chi connectivity index (χ2v) is 2.27. The smallest absolute Gasteiger partial charge is 0.348 e. The van der Waals surface area contributed by atoms with Gasteiger partial charge in [0.05, 0.1) is 6.10 Å². The lowest BCUT2D eigenvalue weighted by Crippen LogP contribution is -2.12. The summed E-state index contributed by atoms with van der Waals surface area (Å²) < 4.78 is 4.76. The lowest BCUT2D eigenvalue weighted by atomic mass is 10.3. The van der Waals surface area contributed by atoms with Crippen LogP contribution in [0, 0.1) is 11.3 Å². The molecule has 11 heavy (non-hydrogen) atoms. The number of esters is 1. The van der Waals surface area contributed by atoms with E-state index in [4.69, 9.17) is 10.00 Å². The minimum absolute atomic E-state index is 0.0544. The van der Waals surface area contributed by atoms with Gasteiger partial charge in [-0.25, -0.2) is 4.79 Å². The number of rotatable bonds is 2. The molecule has 0 heterocycles. The van der Waals surface area contributed by atoms with Crippen LogP contribution < -0.4 is 0 Å². The van der Waals surface area contributed by atoms with Crippen LogP contribution in [0.15, 0.2) is 11.6 Å². The van der Waals surface area contributed by atoms with Crippen molar-refractivity contribution in [3.8, 4) is 6.07 Å². The Morgan fingerprint density at radius 1 is 1.64 bits per heavy atom. The van der Waals surface area contributed by atoms with Gasteiger partial charge in [0.2, 0.25) is 0 Å². The van der Waals surface area contributed by atoms with E-state index >= 15 is 0 Å². The number of ether oxygens (including phenoxy) is 1. The zero-order valence-electron chi connectivity index (χ0n) is 6.92. The first-order chi connectivity index (χ1) is 5.11. The van der Waals surface area contributed by atoms with Gasteiger partial charge in [-0.2, -0.15) is 5.26 Å². The summed E-state index contributed by atoms with van der Waals surface area (Å²) in [4.78, 5) is 10.9. The van der Waals surface area contributed by atoms with E-state index in [1.807, 2.05) is 0 Å². The molecule has 0 unspecified atom stereocenters. The van der Waals surface area contributed by atoms with Gasteiger partial charge < -0.3 is 4.74 Å². The number of carbonyl (C=O) groups is 1. The second kappa shape index (κ2) is 4.51. The van der Waals surface area contributed by atoms with Crippen molar-refractivity contribution in [3.63, 3.8) is 0 Å². The Kier molecular flexibility index (Phi) is 3.97. The van der Waals surface area contributed by atoms with E-state index in [9.17, 15) is 4.79 Å². The summed E-state index contributed by atoms with van der Waals surface area (Å²) in [5, 5.41) is 8.39. The maximum atomic E-state index is 10.9. The van der Waals surface area contributed by atoms with Gasteiger partial charge in [0.1, 0.15) is 11.6 Å². The molecule has 0 amide bonds. The zero-order valence-corrected chi connectivity index (χ0v) is 6.92. The van der Waals surface area contributed by atoms with Crippen LogP contribution in [0.25, 0.3) is 0 Å². The summed E-state index contributed by atoms with van der Waals surface area (Å²) >= 11 is 0. The molecule has 0 aliphatic heterocycles. The van der Waals surface area contributed by atoms with Crippen LogP contribution >= 0.6 is 0 Å². The molecule has 0 aliphatic carbocycles. The largest absolute Gasteiger partial charge is 0.459 e. The van der Waals surface area contributed by atoms with Crippen molar-refractivity contribution in [2.24, 2.45) is 0 Å². The highest BCUT2D eigenvalue weighted by Gasteiger charge is 2.09. The summed E-state index contributed by atoms with van der Waals surface area (Å²) in [7, 11) is 0. The Balaban J connectivity index is 4.16. The predicted molar refractivity (Wildman–Crippen MR) is 40.6 cm³/mol. The Labute approximate surface area is 66.3 Å². The molecule has 0 aliphatic rings. The van der Waals surface area contributed by atoms with Crippen LogP contribution in [-0.4, -0.2) is 12.1 Å². The van der Waals surface area contributed by atoms with Crippen LogP contribution in [-0.2, 0) is 9.53 Å². The SMILES string of the molecule is CC=C(C#N)C(=O)OC(C)C. The first-order valence-electron chi connectivity index (χ1n) is 3.39. The highest BCUT2D eigenvalue weighted by Crippen LogP contribution is 1.98. The van der Waals surface area contributed by atoms with Gasteiger partial charge in [0, 0.05) is 0 Å². The molecule has 0 spiro atoms. The highest BCUT2D eigenvalue weighted by molar-refractivity contribution is 5.92. The predicted octanol–water partition coefficient (Wildman–Crippen LogP) is 1.41. The highest BCUT2D eigenvalue weighted by atomic mass is 16.5. The molecule has 0 atom stereocenters. The topological polar surface area (TPSA) is 50.1 Å². The number of nitrogens with zero attached hydrogens (tertiary/aromatic N) is 1. The molecule has 0 aromatic heterocycles. The van der Waals surface area contributed by atoms with Gasteiger partial charge in [-0.1, -0.05) is 6.08 Å². The summed E-state index contributed by atoms with van der Waals surface area (Å²) in [5.41, 5.74) is 0.0544. The molecule has 0 bridgehead atoms. The third kappa shape index (κ3) is 3.41. The van der Waals surface area contributed by atoms with Crippen molar-refractivity contribution < 1.29 is 9.53 Å². The average Bonchev–Trinajstić information content (AvgIpc) is 1.88. The fraction of sp³-hybridized carbons (Fsp3) is 0.500. The van der Waals surface area contributed by atoms with Gasteiger partial charge in [-0.15, -0.1) is 0 Å². The lowest BCUT2D eigenvalue weighted by Gasteiger charge is -2.05. The van der Waals surface area contributed by atoms with Crippen molar-refractivity contribution in [3.05, 3.63) is 11.6 Å². The lowest BCUT2D eigenvalue weighted by molar-refractivity contribution is -0.142. The first-order valence-corrected chi connectivity index (χ1v) is 3.39. The number of allylic oxidation sites excluding steroid dienone is 1. The Morgan fingerprint density at radius 2 is 2.18 bits per heavy atom. The average molecular weight is 153 g/mol. The van der Waals surface area contributed by atoms with Crippen molar-refractivity contribution >= 4 is 5.97 Å². The molecular weight excluding hydrogens is 142 g/mol. The molecule has 0 aromatic rings.